The maximum Gasteiger partial charge on any atom is 0.306 e. The number of ether oxygens (including phenoxy) is 1. The lowest BCUT2D eigenvalue weighted by Crippen LogP contribution is -2.46. The Bertz CT molecular complexity index is 843. The monoisotopic (exact) mass is 748 g/mol. The van der Waals surface area contributed by atoms with Crippen molar-refractivity contribution < 1.29 is 24.5 Å². The first kappa shape index (κ1) is 51.3. The summed E-state index contributed by atoms with van der Waals surface area (Å²) in [7, 11) is 0. The number of amides is 1. The Morgan fingerprint density at radius 1 is 0.566 bits per heavy atom. The summed E-state index contributed by atoms with van der Waals surface area (Å²) in [5.41, 5.74) is 0. The first-order valence-electron chi connectivity index (χ1n) is 23.1. The second-order valence-electron chi connectivity index (χ2n) is 15.8. The summed E-state index contributed by atoms with van der Waals surface area (Å²) in [5.74, 6) is -0.484. The number of hydrogen-bond donors (Lipinski definition) is 3. The molecule has 0 bridgehead atoms. The van der Waals surface area contributed by atoms with Crippen molar-refractivity contribution in [3.63, 3.8) is 0 Å². The van der Waals surface area contributed by atoms with Gasteiger partial charge in [0.25, 0.3) is 0 Å². The molecule has 0 fully saturated rings. The van der Waals surface area contributed by atoms with E-state index in [1.165, 1.54) is 122 Å². The molecular weight excluding hydrogens is 659 g/mol. The Balaban J connectivity index is 4.55. The van der Waals surface area contributed by atoms with Crippen LogP contribution in [-0.2, 0) is 14.3 Å². The summed E-state index contributed by atoms with van der Waals surface area (Å²) in [6.45, 7) is 6.35. The molecule has 0 aliphatic rings. The summed E-state index contributed by atoms with van der Waals surface area (Å²) in [4.78, 5) is 25.9. The molecule has 0 spiro atoms. The van der Waals surface area contributed by atoms with Crippen molar-refractivity contribution in [3.05, 3.63) is 24.3 Å². The van der Waals surface area contributed by atoms with Crippen LogP contribution in [-0.4, -0.2) is 46.9 Å². The molecule has 3 atom stereocenters. The zero-order chi connectivity index (χ0) is 38.9. The van der Waals surface area contributed by atoms with E-state index in [-0.39, 0.29) is 24.9 Å². The van der Waals surface area contributed by atoms with Crippen LogP contribution in [0.3, 0.4) is 0 Å². The number of nitrogens with one attached hydrogen (secondary N) is 1. The maximum atomic E-state index is 13.1. The molecule has 3 N–H and O–H groups in total. The number of carbonyl (C=O) groups excluding carboxylic acids is 2. The second kappa shape index (κ2) is 41.5. The summed E-state index contributed by atoms with van der Waals surface area (Å²) in [6.07, 6.45) is 45.2. The summed E-state index contributed by atoms with van der Waals surface area (Å²) < 4.78 is 5.88. The molecule has 0 aliphatic carbocycles. The molecule has 0 aromatic rings. The van der Waals surface area contributed by atoms with Gasteiger partial charge in [0.2, 0.25) is 5.91 Å². The van der Waals surface area contributed by atoms with Gasteiger partial charge in [-0.3, -0.25) is 9.59 Å². The third-order valence-corrected chi connectivity index (χ3v) is 10.5. The smallest absolute Gasteiger partial charge is 0.306 e. The van der Waals surface area contributed by atoms with Crippen molar-refractivity contribution in [1.29, 1.82) is 0 Å². The fourth-order valence-corrected chi connectivity index (χ4v) is 7.06. The van der Waals surface area contributed by atoms with Crippen molar-refractivity contribution in [1.82, 2.24) is 5.32 Å². The van der Waals surface area contributed by atoms with Gasteiger partial charge in [0.1, 0.15) is 6.10 Å². The SMILES string of the molecule is CC/C=C/C/C=C/CCCCCCCC(CC(=O)NC(CO)C(O)CCCCCCCCCCCCCCC)OC(=O)CCCCCCCCCCC. The molecule has 0 saturated heterocycles. The van der Waals surface area contributed by atoms with Crippen LogP contribution < -0.4 is 5.32 Å². The van der Waals surface area contributed by atoms with Crippen molar-refractivity contribution in [2.24, 2.45) is 0 Å². The first-order chi connectivity index (χ1) is 26.0. The number of esters is 1. The Morgan fingerprint density at radius 2 is 1.02 bits per heavy atom. The molecule has 0 rings (SSSR count). The summed E-state index contributed by atoms with van der Waals surface area (Å²) in [5, 5.41) is 23.6. The van der Waals surface area contributed by atoms with Gasteiger partial charge in [0, 0.05) is 6.42 Å². The minimum Gasteiger partial charge on any atom is -0.462 e. The molecular formula is C47H89NO5. The third-order valence-electron chi connectivity index (χ3n) is 10.5. The molecule has 0 aromatic heterocycles. The number of carbonyl (C=O) groups is 2. The van der Waals surface area contributed by atoms with Gasteiger partial charge in [-0.25, -0.2) is 0 Å². The number of aliphatic hydroxyl groups excluding tert-OH is 2. The average molecular weight is 748 g/mol. The van der Waals surface area contributed by atoms with Crippen molar-refractivity contribution in [2.45, 2.75) is 257 Å². The van der Waals surface area contributed by atoms with E-state index < -0.39 is 18.2 Å². The normalized spacial score (nSPS) is 13.5. The summed E-state index contributed by atoms with van der Waals surface area (Å²) in [6, 6.07) is -0.699. The first-order valence-corrected chi connectivity index (χ1v) is 23.1. The Kier molecular flexibility index (Phi) is 40.2. The molecule has 6 nitrogen and oxygen atoms in total. The number of rotatable bonds is 41. The van der Waals surface area contributed by atoms with E-state index in [0.717, 1.165) is 70.6 Å². The van der Waals surface area contributed by atoms with Gasteiger partial charge in [0.05, 0.1) is 25.2 Å². The number of unbranched alkanes of at least 4 members (excludes halogenated alkanes) is 25. The van der Waals surface area contributed by atoms with Crippen LogP contribution >= 0.6 is 0 Å². The molecule has 0 aromatic carbocycles. The molecule has 1 amide bonds. The lowest BCUT2D eigenvalue weighted by molar-refractivity contribution is -0.151. The highest BCUT2D eigenvalue weighted by atomic mass is 16.5. The Labute approximate surface area is 329 Å². The predicted octanol–water partition coefficient (Wildman–Crippen LogP) is 13.2. The van der Waals surface area contributed by atoms with Gasteiger partial charge in [-0.1, -0.05) is 199 Å². The minimum atomic E-state index is -0.785. The van der Waals surface area contributed by atoms with E-state index in [4.69, 9.17) is 4.74 Å². The largest absolute Gasteiger partial charge is 0.462 e. The quantitative estimate of drug-likeness (QED) is 0.0329. The van der Waals surface area contributed by atoms with Crippen LogP contribution in [0.1, 0.15) is 239 Å². The van der Waals surface area contributed by atoms with Gasteiger partial charge in [-0.15, -0.1) is 0 Å². The Hall–Kier alpha value is -1.66. The van der Waals surface area contributed by atoms with Crippen LogP contribution in [0, 0.1) is 0 Å². The fourth-order valence-electron chi connectivity index (χ4n) is 7.06. The minimum absolute atomic E-state index is 0.0722. The van der Waals surface area contributed by atoms with Gasteiger partial charge in [-0.05, 0) is 51.4 Å². The number of allylic oxidation sites excluding steroid dienone is 4. The van der Waals surface area contributed by atoms with Crippen LogP contribution in [0.25, 0.3) is 0 Å². The van der Waals surface area contributed by atoms with Crippen LogP contribution in [0.2, 0.25) is 0 Å². The standard InChI is InChI=1S/C47H89NO5/c1-4-7-10-13-16-19-21-23-25-28-30-33-36-39-45(50)44(42-49)48-46(51)41-43(38-35-32-29-27-24-22-20-17-14-11-8-5-2)53-47(52)40-37-34-31-26-18-15-12-9-6-3/h8,11,17,20,43-45,49-50H,4-7,9-10,12-16,18-19,21-42H2,1-3H3,(H,48,51)/b11-8+,20-17+. The summed E-state index contributed by atoms with van der Waals surface area (Å²) >= 11 is 0. The molecule has 0 saturated carbocycles. The molecule has 53 heavy (non-hydrogen) atoms. The van der Waals surface area contributed by atoms with E-state index in [0.29, 0.717) is 19.3 Å². The van der Waals surface area contributed by atoms with Crippen LogP contribution in [0.15, 0.2) is 24.3 Å². The van der Waals surface area contributed by atoms with E-state index in [1.54, 1.807) is 0 Å². The molecule has 0 heterocycles. The molecule has 0 aliphatic heterocycles. The van der Waals surface area contributed by atoms with Gasteiger partial charge in [-0.2, -0.15) is 0 Å². The maximum absolute atomic E-state index is 13.1. The lowest BCUT2D eigenvalue weighted by atomic mass is 10.0. The Morgan fingerprint density at radius 3 is 1.53 bits per heavy atom. The van der Waals surface area contributed by atoms with E-state index >= 15 is 0 Å². The van der Waals surface area contributed by atoms with E-state index in [1.807, 2.05) is 0 Å². The van der Waals surface area contributed by atoms with Crippen molar-refractivity contribution >= 4 is 11.9 Å². The second-order valence-corrected chi connectivity index (χ2v) is 15.8. The highest BCUT2D eigenvalue weighted by molar-refractivity contribution is 5.77. The zero-order valence-corrected chi connectivity index (χ0v) is 35.4. The third kappa shape index (κ3) is 37.1. The highest BCUT2D eigenvalue weighted by Gasteiger charge is 2.24. The van der Waals surface area contributed by atoms with Gasteiger partial charge >= 0.3 is 5.97 Å². The van der Waals surface area contributed by atoms with E-state index in [9.17, 15) is 19.8 Å². The molecule has 312 valence electrons. The number of hydrogen-bond acceptors (Lipinski definition) is 5. The molecule has 3 unspecified atom stereocenters. The highest BCUT2D eigenvalue weighted by Crippen LogP contribution is 2.18. The van der Waals surface area contributed by atoms with Crippen LogP contribution in [0.4, 0.5) is 0 Å². The van der Waals surface area contributed by atoms with E-state index in [2.05, 4.69) is 50.4 Å². The van der Waals surface area contributed by atoms with Crippen molar-refractivity contribution in [3.8, 4) is 0 Å². The lowest BCUT2D eigenvalue weighted by Gasteiger charge is -2.24. The van der Waals surface area contributed by atoms with Crippen LogP contribution in [0.5, 0.6) is 0 Å². The molecule has 0 radical (unpaired) electrons. The fraction of sp³-hybridized carbons (Fsp3) is 0.872. The predicted molar refractivity (Wildman–Crippen MR) is 227 cm³/mol. The average Bonchev–Trinajstić information content (AvgIpc) is 3.15. The van der Waals surface area contributed by atoms with Crippen molar-refractivity contribution in [2.75, 3.05) is 6.61 Å². The van der Waals surface area contributed by atoms with Gasteiger partial charge < -0.3 is 20.3 Å². The topological polar surface area (TPSA) is 95.9 Å². The zero-order valence-electron chi connectivity index (χ0n) is 35.4. The number of aliphatic hydroxyl groups is 2. The molecule has 6 heteroatoms. The van der Waals surface area contributed by atoms with Gasteiger partial charge in [0.15, 0.2) is 0 Å².